The van der Waals surface area contributed by atoms with Gasteiger partial charge in [0.05, 0.1) is 0 Å². The van der Waals surface area contributed by atoms with Gasteiger partial charge in [-0.1, -0.05) is 279 Å². The van der Waals surface area contributed by atoms with Crippen molar-refractivity contribution in [2.45, 2.75) is 309 Å². The van der Waals surface area contributed by atoms with Crippen LogP contribution in [0.15, 0.2) is 97.2 Å². The lowest BCUT2D eigenvalue weighted by atomic mass is 10.0. The summed E-state index contributed by atoms with van der Waals surface area (Å²) in [6.07, 6.45) is 84.2. The molecule has 6 nitrogen and oxygen atoms in total. The summed E-state index contributed by atoms with van der Waals surface area (Å²) < 4.78 is 16.9. The number of allylic oxidation sites excluding steroid dienone is 16. The van der Waals surface area contributed by atoms with Gasteiger partial charge >= 0.3 is 17.9 Å². The van der Waals surface area contributed by atoms with E-state index in [1.165, 1.54) is 148 Å². The Morgan fingerprint density at radius 1 is 0.280 bits per heavy atom. The quantitative estimate of drug-likeness (QED) is 0.0261. The second-order valence-electron chi connectivity index (χ2n) is 20.9. The van der Waals surface area contributed by atoms with E-state index >= 15 is 0 Å². The predicted molar refractivity (Wildman–Crippen MR) is 325 cm³/mol. The van der Waals surface area contributed by atoms with Gasteiger partial charge in [-0.25, -0.2) is 0 Å². The number of esters is 3. The summed E-state index contributed by atoms with van der Waals surface area (Å²) in [6.45, 7) is 6.51. The monoisotopic (exact) mass is 1040 g/mol. The molecule has 1 unspecified atom stereocenters. The molecule has 0 aromatic rings. The van der Waals surface area contributed by atoms with Crippen LogP contribution in [0.2, 0.25) is 0 Å². The van der Waals surface area contributed by atoms with Crippen LogP contribution >= 0.6 is 0 Å². The molecular formula is C69H118O6. The maximum absolute atomic E-state index is 12.8. The molecule has 0 saturated carbocycles. The molecule has 6 heteroatoms. The van der Waals surface area contributed by atoms with Gasteiger partial charge in [-0.2, -0.15) is 0 Å². The van der Waals surface area contributed by atoms with Crippen molar-refractivity contribution >= 4 is 17.9 Å². The molecule has 1 atom stereocenters. The standard InChI is InChI=1S/C69H118O6/c1-4-7-10-13-16-19-22-24-25-26-27-28-29-30-31-32-33-34-35-36-37-38-39-40-41-42-43-45-47-50-53-56-59-62-68(71)74-65-66(64-73-67(70)61-58-55-52-49-46-21-18-15-12-9-6-3)75-69(72)63-60-57-54-51-48-44-23-20-17-14-11-8-5-2/h7,10,16,19-20,23-25,27-28,30-31,33-34,36-37,66H,4-6,8-9,11-15,17-18,21-22,26,29,32,35,38-65H2,1-3H3/b10-7-,19-16-,23-20-,25-24-,28-27-,31-30-,34-33-,37-36-. The van der Waals surface area contributed by atoms with Crippen molar-refractivity contribution in [3.8, 4) is 0 Å². The third-order valence-electron chi connectivity index (χ3n) is 13.6. The molecule has 0 amide bonds. The molecule has 0 fully saturated rings. The van der Waals surface area contributed by atoms with Gasteiger partial charge in [0.1, 0.15) is 13.2 Å². The van der Waals surface area contributed by atoms with E-state index in [-0.39, 0.29) is 31.1 Å². The highest BCUT2D eigenvalue weighted by atomic mass is 16.6. The minimum Gasteiger partial charge on any atom is -0.462 e. The Bertz CT molecular complexity index is 1480. The highest BCUT2D eigenvalue weighted by molar-refractivity contribution is 5.71. The summed E-state index contributed by atoms with van der Waals surface area (Å²) in [6, 6.07) is 0. The molecule has 0 bridgehead atoms. The number of ether oxygens (including phenoxy) is 3. The largest absolute Gasteiger partial charge is 0.462 e. The Labute approximate surface area is 464 Å². The van der Waals surface area contributed by atoms with Gasteiger partial charge in [-0.05, 0) is 103 Å². The Morgan fingerprint density at radius 3 is 0.840 bits per heavy atom. The Kier molecular flexibility index (Phi) is 59.8. The van der Waals surface area contributed by atoms with E-state index in [0.29, 0.717) is 19.3 Å². The molecule has 75 heavy (non-hydrogen) atoms. The van der Waals surface area contributed by atoms with Gasteiger partial charge < -0.3 is 14.2 Å². The van der Waals surface area contributed by atoms with Crippen LogP contribution in [0.25, 0.3) is 0 Å². The molecule has 0 aliphatic carbocycles. The van der Waals surface area contributed by atoms with Gasteiger partial charge in [0, 0.05) is 19.3 Å². The van der Waals surface area contributed by atoms with Gasteiger partial charge in [0.15, 0.2) is 6.10 Å². The molecule has 0 rings (SSSR count). The summed E-state index contributed by atoms with van der Waals surface area (Å²) in [4.78, 5) is 38.1. The molecule has 0 heterocycles. The van der Waals surface area contributed by atoms with Crippen molar-refractivity contribution in [3.63, 3.8) is 0 Å². The normalized spacial score (nSPS) is 12.7. The number of hydrogen-bond acceptors (Lipinski definition) is 6. The molecule has 0 aliphatic rings. The van der Waals surface area contributed by atoms with E-state index in [2.05, 4.69) is 118 Å². The van der Waals surface area contributed by atoms with Crippen molar-refractivity contribution in [1.29, 1.82) is 0 Å². The van der Waals surface area contributed by atoms with Crippen molar-refractivity contribution in [2.24, 2.45) is 0 Å². The minimum atomic E-state index is -0.780. The van der Waals surface area contributed by atoms with E-state index in [1.807, 2.05) is 0 Å². The van der Waals surface area contributed by atoms with Crippen LogP contribution in [0.5, 0.6) is 0 Å². The van der Waals surface area contributed by atoms with Gasteiger partial charge in [0.25, 0.3) is 0 Å². The smallest absolute Gasteiger partial charge is 0.306 e. The van der Waals surface area contributed by atoms with Crippen LogP contribution in [0.1, 0.15) is 303 Å². The highest BCUT2D eigenvalue weighted by Crippen LogP contribution is 2.16. The van der Waals surface area contributed by atoms with Crippen molar-refractivity contribution in [2.75, 3.05) is 13.2 Å². The molecular weight excluding hydrogens is 925 g/mol. The second kappa shape index (κ2) is 62.9. The average Bonchev–Trinajstić information content (AvgIpc) is 3.41. The summed E-state index contributed by atoms with van der Waals surface area (Å²) in [7, 11) is 0. The first-order chi connectivity index (χ1) is 37.0. The van der Waals surface area contributed by atoms with Crippen LogP contribution in [0, 0.1) is 0 Å². The molecule has 0 aliphatic heterocycles. The van der Waals surface area contributed by atoms with Crippen LogP contribution in [-0.2, 0) is 28.6 Å². The molecule has 0 aromatic heterocycles. The molecule has 430 valence electrons. The van der Waals surface area contributed by atoms with Gasteiger partial charge in [-0.15, -0.1) is 0 Å². The molecule has 0 aromatic carbocycles. The lowest BCUT2D eigenvalue weighted by molar-refractivity contribution is -0.167. The fraction of sp³-hybridized carbons (Fsp3) is 0.725. The summed E-state index contributed by atoms with van der Waals surface area (Å²) in [5.41, 5.74) is 0. The van der Waals surface area contributed by atoms with Gasteiger partial charge in [0.2, 0.25) is 0 Å². The number of rotatable bonds is 57. The minimum absolute atomic E-state index is 0.0777. The number of hydrogen-bond donors (Lipinski definition) is 0. The van der Waals surface area contributed by atoms with Crippen molar-refractivity contribution < 1.29 is 28.6 Å². The van der Waals surface area contributed by atoms with Crippen molar-refractivity contribution in [1.82, 2.24) is 0 Å². The summed E-state index contributed by atoms with van der Waals surface area (Å²) in [5, 5.41) is 0. The predicted octanol–water partition coefficient (Wildman–Crippen LogP) is 21.7. The Morgan fingerprint density at radius 2 is 0.520 bits per heavy atom. The summed E-state index contributed by atoms with van der Waals surface area (Å²) in [5.74, 6) is -0.882. The summed E-state index contributed by atoms with van der Waals surface area (Å²) >= 11 is 0. The molecule has 0 saturated heterocycles. The number of unbranched alkanes of at least 4 members (excludes halogenated alkanes) is 30. The van der Waals surface area contributed by atoms with E-state index in [1.54, 1.807) is 0 Å². The Balaban J connectivity index is 4.16. The first-order valence-electron chi connectivity index (χ1n) is 31.7. The average molecular weight is 1040 g/mol. The van der Waals surface area contributed by atoms with E-state index in [4.69, 9.17) is 14.2 Å². The molecule has 0 spiro atoms. The third-order valence-corrected chi connectivity index (χ3v) is 13.6. The van der Waals surface area contributed by atoms with Crippen molar-refractivity contribution in [3.05, 3.63) is 97.2 Å². The van der Waals surface area contributed by atoms with Crippen LogP contribution in [0.4, 0.5) is 0 Å². The lowest BCUT2D eigenvalue weighted by Crippen LogP contribution is -2.30. The molecule has 0 radical (unpaired) electrons. The van der Waals surface area contributed by atoms with E-state index < -0.39 is 6.10 Å². The lowest BCUT2D eigenvalue weighted by Gasteiger charge is -2.18. The molecule has 0 N–H and O–H groups in total. The number of carbonyl (C=O) groups is 3. The zero-order chi connectivity index (χ0) is 54.3. The maximum atomic E-state index is 12.8. The fourth-order valence-electron chi connectivity index (χ4n) is 8.83. The first kappa shape index (κ1) is 71.3. The third kappa shape index (κ3) is 61.1. The van der Waals surface area contributed by atoms with E-state index in [0.717, 1.165) is 116 Å². The van der Waals surface area contributed by atoms with E-state index in [9.17, 15) is 14.4 Å². The first-order valence-corrected chi connectivity index (χ1v) is 31.7. The van der Waals surface area contributed by atoms with Gasteiger partial charge in [-0.3, -0.25) is 14.4 Å². The second-order valence-corrected chi connectivity index (χ2v) is 20.9. The fourth-order valence-corrected chi connectivity index (χ4v) is 8.83. The van der Waals surface area contributed by atoms with Crippen LogP contribution in [0.3, 0.4) is 0 Å². The number of carbonyl (C=O) groups excluding carboxylic acids is 3. The van der Waals surface area contributed by atoms with Crippen LogP contribution < -0.4 is 0 Å². The zero-order valence-electron chi connectivity index (χ0n) is 49.3. The SMILES string of the molecule is CC/C=C\C/C=C\C/C=C\C/C=C\C/C=C\C/C=C\C/C=C\CCCCCCCCCCCCCC(=O)OCC(COC(=O)CCCCCCCCCCCCC)OC(=O)CCCCCCC/C=C\CCCCCC. The topological polar surface area (TPSA) is 78.9 Å². The highest BCUT2D eigenvalue weighted by Gasteiger charge is 2.19. The maximum Gasteiger partial charge on any atom is 0.306 e. The Hall–Kier alpha value is -3.67. The zero-order valence-corrected chi connectivity index (χ0v) is 49.3. The van der Waals surface area contributed by atoms with Crippen LogP contribution in [-0.4, -0.2) is 37.2 Å².